The van der Waals surface area contributed by atoms with Gasteiger partial charge in [0.15, 0.2) is 5.65 Å². The molecular formula is C25H26Cl2N6O4S. The third-order valence-corrected chi connectivity index (χ3v) is 7.60. The third kappa shape index (κ3) is 5.60. The van der Waals surface area contributed by atoms with Gasteiger partial charge in [0.2, 0.25) is 15.9 Å². The highest BCUT2D eigenvalue weighted by Crippen LogP contribution is 2.35. The molecule has 10 nitrogen and oxygen atoms in total. The van der Waals surface area contributed by atoms with Crippen LogP contribution in [0.15, 0.2) is 46.1 Å². The molecule has 0 bridgehead atoms. The molecule has 4 aromatic rings. The number of halogens is 2. The number of amides is 1. The molecule has 13 heteroatoms. The molecule has 4 rings (SSSR count). The van der Waals surface area contributed by atoms with Crippen molar-refractivity contribution in [2.24, 2.45) is 5.14 Å². The van der Waals surface area contributed by atoms with Crippen molar-refractivity contribution in [2.75, 3.05) is 5.32 Å². The lowest BCUT2D eigenvalue weighted by Crippen LogP contribution is -2.15. The molecule has 0 aliphatic heterocycles. The number of hydrogen-bond acceptors (Lipinski definition) is 6. The fourth-order valence-electron chi connectivity index (χ4n) is 4.36. The van der Waals surface area contributed by atoms with E-state index in [1.54, 1.807) is 18.2 Å². The standard InChI is InChI=1S/C25H26Cl2N6O4S/c1-4-15(5-2)22-21-24(33(32-22)23-18(26)11-17(12-19(23)27)38(28,36)37)30-20(31-25(21)35)10-14-7-6-8-16(9-14)29-13(3)34/h6-9,11-12,15H,4-5,10H2,1-3H3,(H,29,34)(H2,28,36,37)(H,30,31,35). The third-order valence-electron chi connectivity index (χ3n) is 6.14. The summed E-state index contributed by atoms with van der Waals surface area (Å²) in [6, 6.07) is 9.56. The van der Waals surface area contributed by atoms with Crippen LogP contribution in [-0.2, 0) is 21.2 Å². The summed E-state index contributed by atoms with van der Waals surface area (Å²) < 4.78 is 25.1. The van der Waals surface area contributed by atoms with Crippen LogP contribution < -0.4 is 16.0 Å². The van der Waals surface area contributed by atoms with Crippen molar-refractivity contribution in [3.05, 3.63) is 73.9 Å². The molecule has 0 aliphatic carbocycles. The number of sulfonamides is 1. The van der Waals surface area contributed by atoms with Crippen molar-refractivity contribution >= 4 is 55.9 Å². The van der Waals surface area contributed by atoms with E-state index >= 15 is 0 Å². The number of carbonyl (C=O) groups is 1. The number of nitrogens with one attached hydrogen (secondary N) is 2. The van der Waals surface area contributed by atoms with Crippen LogP contribution in [0.4, 0.5) is 5.69 Å². The van der Waals surface area contributed by atoms with E-state index in [1.807, 2.05) is 19.9 Å². The van der Waals surface area contributed by atoms with Crippen molar-refractivity contribution in [3.8, 4) is 5.69 Å². The number of carbonyl (C=O) groups excluding carboxylic acids is 1. The summed E-state index contributed by atoms with van der Waals surface area (Å²) in [5.74, 6) is 0.117. The van der Waals surface area contributed by atoms with Gasteiger partial charge in [0, 0.05) is 24.9 Å². The number of nitrogens with two attached hydrogens (primary N) is 1. The zero-order valence-corrected chi connectivity index (χ0v) is 23.2. The second-order valence-electron chi connectivity index (χ2n) is 8.86. The van der Waals surface area contributed by atoms with Crippen LogP contribution in [-0.4, -0.2) is 34.1 Å². The Bertz CT molecular complexity index is 1690. The molecule has 0 saturated carbocycles. The molecule has 4 N–H and O–H groups in total. The van der Waals surface area contributed by atoms with Gasteiger partial charge < -0.3 is 10.3 Å². The number of fused-ring (bicyclic) bond motifs is 1. The number of benzene rings is 2. The predicted molar refractivity (Wildman–Crippen MR) is 148 cm³/mol. The van der Waals surface area contributed by atoms with Gasteiger partial charge in [-0.25, -0.2) is 23.2 Å². The van der Waals surface area contributed by atoms with Crippen molar-refractivity contribution in [1.82, 2.24) is 19.7 Å². The van der Waals surface area contributed by atoms with E-state index in [1.165, 1.54) is 23.7 Å². The normalized spacial score (nSPS) is 11.9. The van der Waals surface area contributed by atoms with E-state index in [0.29, 0.717) is 22.6 Å². The Morgan fingerprint density at radius 3 is 2.39 bits per heavy atom. The Morgan fingerprint density at radius 2 is 1.82 bits per heavy atom. The van der Waals surface area contributed by atoms with E-state index in [2.05, 4.69) is 10.3 Å². The predicted octanol–water partition coefficient (Wildman–Crippen LogP) is 4.52. The first-order valence-electron chi connectivity index (χ1n) is 11.8. The van der Waals surface area contributed by atoms with Crippen LogP contribution in [0.25, 0.3) is 16.7 Å². The summed E-state index contributed by atoms with van der Waals surface area (Å²) in [5, 5.41) is 13.0. The molecule has 0 atom stereocenters. The van der Waals surface area contributed by atoms with Gasteiger partial charge in [-0.15, -0.1) is 0 Å². The molecule has 0 fully saturated rings. The fourth-order valence-corrected chi connectivity index (χ4v) is 5.70. The molecule has 0 saturated heterocycles. The molecule has 38 heavy (non-hydrogen) atoms. The maximum absolute atomic E-state index is 13.4. The smallest absolute Gasteiger partial charge is 0.262 e. The second kappa shape index (κ2) is 10.9. The SMILES string of the molecule is CCC(CC)c1nn(-c2c(Cl)cc(S(N)(=O)=O)cc2Cl)c2nc(Cc3cccc(NC(C)=O)c3)[nH]c(=O)c12. The Morgan fingerprint density at radius 1 is 1.16 bits per heavy atom. The molecule has 1 amide bonds. The molecule has 0 unspecified atom stereocenters. The van der Waals surface area contributed by atoms with Crippen LogP contribution in [0.2, 0.25) is 10.0 Å². The summed E-state index contributed by atoms with van der Waals surface area (Å²) in [6.45, 7) is 5.42. The molecule has 0 radical (unpaired) electrons. The molecule has 0 aliphatic rings. The summed E-state index contributed by atoms with van der Waals surface area (Å²) in [4.78, 5) is 32.2. The van der Waals surface area contributed by atoms with E-state index in [9.17, 15) is 18.0 Å². The lowest BCUT2D eigenvalue weighted by atomic mass is 9.98. The second-order valence-corrected chi connectivity index (χ2v) is 11.2. The maximum atomic E-state index is 13.4. The van der Waals surface area contributed by atoms with Crippen molar-refractivity contribution < 1.29 is 13.2 Å². The average Bonchev–Trinajstić information content (AvgIpc) is 3.18. The number of aromatic nitrogens is 4. The Hall–Kier alpha value is -3.25. The zero-order chi connectivity index (χ0) is 27.8. The molecule has 0 spiro atoms. The minimum absolute atomic E-state index is 0.0198. The number of rotatable bonds is 8. The van der Waals surface area contributed by atoms with E-state index in [-0.39, 0.29) is 50.1 Å². The molecular weight excluding hydrogens is 551 g/mol. The van der Waals surface area contributed by atoms with Gasteiger partial charge in [-0.05, 0) is 42.7 Å². The van der Waals surface area contributed by atoms with Crippen LogP contribution in [0.1, 0.15) is 56.6 Å². The first kappa shape index (κ1) is 27.8. The lowest BCUT2D eigenvalue weighted by Gasteiger charge is -2.11. The van der Waals surface area contributed by atoms with Crippen LogP contribution in [0.5, 0.6) is 0 Å². The number of H-pyrrole nitrogens is 1. The minimum Gasteiger partial charge on any atom is -0.326 e. The van der Waals surface area contributed by atoms with Crippen LogP contribution in [0.3, 0.4) is 0 Å². The van der Waals surface area contributed by atoms with E-state index in [0.717, 1.165) is 18.4 Å². The number of hydrogen-bond donors (Lipinski definition) is 3. The Balaban J connectivity index is 1.93. The van der Waals surface area contributed by atoms with Gasteiger partial charge in [0.1, 0.15) is 16.9 Å². The van der Waals surface area contributed by atoms with Gasteiger partial charge >= 0.3 is 0 Å². The topological polar surface area (TPSA) is 153 Å². The number of primary sulfonamides is 1. The fraction of sp³-hybridized carbons (Fsp3) is 0.280. The average molecular weight is 577 g/mol. The largest absolute Gasteiger partial charge is 0.326 e. The number of anilines is 1. The van der Waals surface area contributed by atoms with E-state index in [4.69, 9.17) is 38.4 Å². The summed E-state index contributed by atoms with van der Waals surface area (Å²) in [7, 11) is -4.06. The molecule has 2 heterocycles. The molecule has 2 aromatic carbocycles. The lowest BCUT2D eigenvalue weighted by molar-refractivity contribution is -0.114. The molecule has 200 valence electrons. The summed E-state index contributed by atoms with van der Waals surface area (Å²) in [5.41, 5.74) is 2.01. The first-order valence-corrected chi connectivity index (χ1v) is 14.1. The van der Waals surface area contributed by atoms with Gasteiger partial charge in [-0.3, -0.25) is 9.59 Å². The van der Waals surface area contributed by atoms with Crippen molar-refractivity contribution in [3.63, 3.8) is 0 Å². The summed E-state index contributed by atoms with van der Waals surface area (Å²) in [6.07, 6.45) is 1.72. The Kier molecular flexibility index (Phi) is 7.93. The number of nitrogens with zero attached hydrogens (tertiary/aromatic N) is 3. The van der Waals surface area contributed by atoms with Crippen molar-refractivity contribution in [1.29, 1.82) is 0 Å². The highest BCUT2D eigenvalue weighted by Gasteiger charge is 2.25. The highest BCUT2D eigenvalue weighted by atomic mass is 35.5. The first-order chi connectivity index (χ1) is 17.9. The Labute approximate surface area is 229 Å². The monoisotopic (exact) mass is 576 g/mol. The summed E-state index contributed by atoms with van der Waals surface area (Å²) >= 11 is 13.0. The highest BCUT2D eigenvalue weighted by molar-refractivity contribution is 7.89. The van der Waals surface area contributed by atoms with Gasteiger partial charge in [0.25, 0.3) is 5.56 Å². The minimum atomic E-state index is -4.06. The molecule has 2 aromatic heterocycles. The van der Waals surface area contributed by atoms with Crippen LogP contribution >= 0.6 is 23.2 Å². The van der Waals surface area contributed by atoms with Gasteiger partial charge in [-0.2, -0.15) is 5.10 Å². The zero-order valence-electron chi connectivity index (χ0n) is 20.9. The number of aromatic amines is 1. The van der Waals surface area contributed by atoms with E-state index < -0.39 is 10.0 Å². The van der Waals surface area contributed by atoms with Crippen molar-refractivity contribution in [2.45, 2.75) is 50.8 Å². The maximum Gasteiger partial charge on any atom is 0.262 e. The quantitative estimate of drug-likeness (QED) is 0.280. The van der Waals surface area contributed by atoms with Crippen LogP contribution in [0, 0.1) is 0 Å². The van der Waals surface area contributed by atoms with Gasteiger partial charge in [-0.1, -0.05) is 49.2 Å². The van der Waals surface area contributed by atoms with Gasteiger partial charge in [0.05, 0.1) is 20.6 Å².